The largest absolute Gasteiger partial charge is 0.317 e. The van der Waals surface area contributed by atoms with Gasteiger partial charge in [0.1, 0.15) is 0 Å². The highest BCUT2D eigenvalue weighted by molar-refractivity contribution is 9.10. The fourth-order valence-corrected chi connectivity index (χ4v) is 2.69. The summed E-state index contributed by atoms with van der Waals surface area (Å²) in [6.45, 7) is 4.22. The van der Waals surface area contributed by atoms with Crippen molar-refractivity contribution >= 4 is 31.8 Å². The average Bonchev–Trinajstić information content (AvgIpc) is 2.37. The van der Waals surface area contributed by atoms with Crippen molar-refractivity contribution in [2.75, 3.05) is 31.4 Å². The fraction of sp³-hybridized carbons (Fsp3) is 0.500. The van der Waals surface area contributed by atoms with E-state index in [1.807, 2.05) is 6.92 Å². The third-order valence-electron chi connectivity index (χ3n) is 2.58. The molecule has 0 spiro atoms. The van der Waals surface area contributed by atoms with E-state index in [1.54, 1.807) is 31.3 Å². The molecule has 0 radical (unpaired) electrons. The van der Waals surface area contributed by atoms with Gasteiger partial charge in [-0.2, -0.15) is 12.7 Å². The van der Waals surface area contributed by atoms with Gasteiger partial charge in [0.15, 0.2) is 0 Å². The van der Waals surface area contributed by atoms with Crippen LogP contribution in [0.2, 0.25) is 0 Å². The molecule has 0 aliphatic rings. The van der Waals surface area contributed by atoms with Crippen LogP contribution < -0.4 is 10.0 Å². The maximum atomic E-state index is 12.0. The lowest BCUT2D eigenvalue weighted by Gasteiger charge is -2.18. The van der Waals surface area contributed by atoms with Crippen LogP contribution in [0.3, 0.4) is 0 Å². The number of rotatable bonds is 8. The van der Waals surface area contributed by atoms with E-state index in [0.29, 0.717) is 12.2 Å². The summed E-state index contributed by atoms with van der Waals surface area (Å²) >= 11 is 3.31. The normalized spacial score (nSPS) is 11.8. The molecule has 0 saturated heterocycles. The Morgan fingerprint density at radius 2 is 1.89 bits per heavy atom. The van der Waals surface area contributed by atoms with Crippen LogP contribution in [-0.4, -0.2) is 39.4 Å². The van der Waals surface area contributed by atoms with E-state index < -0.39 is 10.2 Å². The summed E-state index contributed by atoms with van der Waals surface area (Å²) in [5.74, 6) is 0. The second-order valence-corrected chi connectivity index (χ2v) is 6.84. The highest BCUT2D eigenvalue weighted by atomic mass is 79.9. The first kappa shape index (κ1) is 16.4. The van der Waals surface area contributed by atoms with Crippen LogP contribution in [0, 0.1) is 0 Å². The smallest absolute Gasteiger partial charge is 0.301 e. The molecule has 19 heavy (non-hydrogen) atoms. The molecule has 108 valence electrons. The summed E-state index contributed by atoms with van der Waals surface area (Å²) in [5.41, 5.74) is 0.557. The topological polar surface area (TPSA) is 61.4 Å². The Kier molecular flexibility index (Phi) is 6.78. The lowest BCUT2D eigenvalue weighted by molar-refractivity contribution is 0.459. The van der Waals surface area contributed by atoms with Crippen LogP contribution in [-0.2, 0) is 10.2 Å². The van der Waals surface area contributed by atoms with E-state index in [-0.39, 0.29) is 0 Å². The number of hydrogen-bond donors (Lipinski definition) is 2. The minimum Gasteiger partial charge on any atom is -0.317 e. The number of nitrogens with zero attached hydrogens (tertiary/aromatic N) is 1. The molecular formula is C12H20BrN3O2S. The standard InChI is InChI=1S/C12H20BrN3O2S/c1-3-14-9-4-10-16(2)19(17,18)15-12-7-5-11(13)6-8-12/h5-8,14-15H,3-4,9-10H2,1-2H3. The molecule has 0 heterocycles. The molecule has 0 aromatic heterocycles. The van der Waals surface area contributed by atoms with E-state index in [2.05, 4.69) is 26.0 Å². The molecule has 0 atom stereocenters. The van der Waals surface area contributed by atoms with Gasteiger partial charge in [-0.25, -0.2) is 0 Å². The molecule has 5 nitrogen and oxygen atoms in total. The van der Waals surface area contributed by atoms with Crippen molar-refractivity contribution in [3.63, 3.8) is 0 Å². The van der Waals surface area contributed by atoms with Crippen LogP contribution in [0.5, 0.6) is 0 Å². The third kappa shape index (κ3) is 5.90. The summed E-state index contributed by atoms with van der Waals surface area (Å²) < 4.78 is 28.8. The minimum absolute atomic E-state index is 0.485. The number of nitrogens with one attached hydrogen (secondary N) is 2. The molecular weight excluding hydrogens is 330 g/mol. The Morgan fingerprint density at radius 3 is 2.47 bits per heavy atom. The van der Waals surface area contributed by atoms with Gasteiger partial charge in [0.2, 0.25) is 0 Å². The lowest BCUT2D eigenvalue weighted by atomic mass is 10.3. The Balaban J connectivity index is 2.52. The van der Waals surface area contributed by atoms with Crippen LogP contribution in [0.4, 0.5) is 5.69 Å². The highest BCUT2D eigenvalue weighted by Crippen LogP contribution is 2.16. The van der Waals surface area contributed by atoms with Gasteiger partial charge in [0.25, 0.3) is 0 Å². The molecule has 1 aromatic rings. The summed E-state index contributed by atoms with van der Waals surface area (Å²) in [7, 11) is -1.90. The third-order valence-corrected chi connectivity index (χ3v) is 4.60. The Bertz CT molecular complexity index is 476. The van der Waals surface area contributed by atoms with Crippen molar-refractivity contribution in [1.29, 1.82) is 0 Å². The van der Waals surface area contributed by atoms with Gasteiger partial charge in [-0.3, -0.25) is 4.72 Å². The fourth-order valence-electron chi connectivity index (χ4n) is 1.47. The van der Waals surface area contributed by atoms with E-state index in [9.17, 15) is 8.42 Å². The van der Waals surface area contributed by atoms with E-state index in [4.69, 9.17) is 0 Å². The van der Waals surface area contributed by atoms with Crippen LogP contribution in [0.1, 0.15) is 13.3 Å². The average molecular weight is 350 g/mol. The highest BCUT2D eigenvalue weighted by Gasteiger charge is 2.16. The second kappa shape index (κ2) is 7.84. The first-order chi connectivity index (χ1) is 8.95. The quantitative estimate of drug-likeness (QED) is 0.706. The molecule has 0 fully saturated rings. The van der Waals surface area contributed by atoms with E-state index >= 15 is 0 Å². The molecule has 7 heteroatoms. The van der Waals surface area contributed by atoms with Crippen molar-refractivity contribution in [3.05, 3.63) is 28.7 Å². The first-order valence-electron chi connectivity index (χ1n) is 6.16. The van der Waals surface area contributed by atoms with E-state index in [0.717, 1.165) is 24.0 Å². The number of benzene rings is 1. The number of halogens is 1. The Hall–Kier alpha value is -0.630. The molecule has 0 saturated carbocycles. The monoisotopic (exact) mass is 349 g/mol. The Morgan fingerprint density at radius 1 is 1.26 bits per heavy atom. The number of hydrogen-bond acceptors (Lipinski definition) is 3. The first-order valence-corrected chi connectivity index (χ1v) is 8.39. The van der Waals surface area contributed by atoms with Crippen molar-refractivity contribution in [3.8, 4) is 0 Å². The van der Waals surface area contributed by atoms with Gasteiger partial charge in [-0.1, -0.05) is 22.9 Å². The molecule has 1 rings (SSSR count). The van der Waals surface area contributed by atoms with Gasteiger partial charge in [-0.05, 0) is 43.8 Å². The zero-order chi connectivity index (χ0) is 14.3. The second-order valence-electron chi connectivity index (χ2n) is 4.14. The maximum absolute atomic E-state index is 12.0. The van der Waals surface area contributed by atoms with Gasteiger partial charge >= 0.3 is 10.2 Å². The lowest BCUT2D eigenvalue weighted by Crippen LogP contribution is -2.34. The number of anilines is 1. The molecule has 0 unspecified atom stereocenters. The molecule has 0 amide bonds. The van der Waals surface area contributed by atoms with Crippen LogP contribution in [0.15, 0.2) is 28.7 Å². The molecule has 0 bridgehead atoms. The van der Waals surface area contributed by atoms with Crippen molar-refractivity contribution in [2.24, 2.45) is 0 Å². The summed E-state index contributed by atoms with van der Waals surface area (Å²) in [4.78, 5) is 0. The Labute approximate surface area is 123 Å². The van der Waals surface area contributed by atoms with E-state index in [1.165, 1.54) is 4.31 Å². The van der Waals surface area contributed by atoms with Gasteiger partial charge in [-0.15, -0.1) is 0 Å². The zero-order valence-electron chi connectivity index (χ0n) is 11.2. The maximum Gasteiger partial charge on any atom is 0.301 e. The molecule has 1 aromatic carbocycles. The molecule has 0 aliphatic heterocycles. The van der Waals surface area contributed by atoms with Crippen LogP contribution >= 0.6 is 15.9 Å². The predicted molar refractivity (Wildman–Crippen MR) is 82.5 cm³/mol. The van der Waals surface area contributed by atoms with Crippen molar-refractivity contribution < 1.29 is 8.42 Å². The van der Waals surface area contributed by atoms with Crippen molar-refractivity contribution in [1.82, 2.24) is 9.62 Å². The van der Waals surface area contributed by atoms with Crippen LogP contribution in [0.25, 0.3) is 0 Å². The summed E-state index contributed by atoms with van der Waals surface area (Å²) in [6.07, 6.45) is 0.783. The minimum atomic E-state index is -3.47. The summed E-state index contributed by atoms with van der Waals surface area (Å²) in [5, 5.41) is 3.16. The van der Waals surface area contributed by atoms with Gasteiger partial charge in [0.05, 0.1) is 0 Å². The molecule has 0 aliphatic carbocycles. The molecule has 2 N–H and O–H groups in total. The van der Waals surface area contributed by atoms with Gasteiger partial charge < -0.3 is 5.32 Å². The summed E-state index contributed by atoms with van der Waals surface area (Å²) in [6, 6.07) is 7.02. The van der Waals surface area contributed by atoms with Crippen molar-refractivity contribution in [2.45, 2.75) is 13.3 Å². The predicted octanol–water partition coefficient (Wildman–Crippen LogP) is 2.04. The zero-order valence-corrected chi connectivity index (χ0v) is 13.6. The van der Waals surface area contributed by atoms with Gasteiger partial charge in [0, 0.05) is 23.8 Å². The SMILES string of the molecule is CCNCCCN(C)S(=O)(=O)Nc1ccc(Br)cc1.